The second kappa shape index (κ2) is 9.25. The van der Waals surface area contributed by atoms with Crippen LogP contribution in [0.3, 0.4) is 0 Å². The zero-order valence-corrected chi connectivity index (χ0v) is 14.9. The molecule has 1 aliphatic heterocycles. The van der Waals surface area contributed by atoms with Gasteiger partial charge >= 0.3 is 12.4 Å². The third kappa shape index (κ3) is 5.48. The molecule has 0 aromatic heterocycles. The van der Waals surface area contributed by atoms with Crippen LogP contribution in [0.2, 0.25) is 0 Å². The predicted octanol–water partition coefficient (Wildman–Crippen LogP) is 4.84. The van der Waals surface area contributed by atoms with Crippen molar-refractivity contribution in [3.63, 3.8) is 0 Å². The van der Waals surface area contributed by atoms with E-state index in [2.05, 4.69) is 11.9 Å². The highest BCUT2D eigenvalue weighted by Crippen LogP contribution is 2.42. The largest absolute Gasteiger partial charge is 0.416 e. The first-order valence-electron chi connectivity index (χ1n) is 7.11. The van der Waals surface area contributed by atoms with Gasteiger partial charge in [0.25, 0.3) is 0 Å². The molecule has 1 heterocycles. The van der Waals surface area contributed by atoms with Gasteiger partial charge in [0.15, 0.2) is 0 Å². The number of nitrogens with one attached hydrogen (secondary N) is 1. The summed E-state index contributed by atoms with van der Waals surface area (Å²) in [6.45, 7) is 5.05. The Labute approximate surface area is 158 Å². The molecule has 0 radical (unpaired) electrons. The lowest BCUT2D eigenvalue weighted by atomic mass is 9.95. The summed E-state index contributed by atoms with van der Waals surface area (Å²) in [6, 6.07) is -1.11. The number of rotatable bonds is 3. The number of hydrogen-bond acceptors (Lipinski definition) is 2. The van der Waals surface area contributed by atoms with Gasteiger partial charge in [0, 0.05) is 31.7 Å². The number of halogens is 9. The highest BCUT2D eigenvalue weighted by molar-refractivity contribution is 5.85. The monoisotopic (exact) mass is 428 g/mol. The third-order valence-corrected chi connectivity index (χ3v) is 3.83. The van der Waals surface area contributed by atoms with Crippen LogP contribution in [0, 0.1) is 5.82 Å². The summed E-state index contributed by atoms with van der Waals surface area (Å²) in [5.41, 5.74) is -4.12. The molecule has 1 fully saturated rings. The van der Waals surface area contributed by atoms with Crippen molar-refractivity contribution in [3.8, 4) is 0 Å². The van der Waals surface area contributed by atoms with E-state index >= 15 is 0 Å². The number of benzene rings is 1. The Hall–Kier alpha value is -1.03. The fourth-order valence-electron chi connectivity index (χ4n) is 2.73. The minimum absolute atomic E-state index is 0. The number of alkyl halides is 6. The molecule has 1 N–H and O–H groups in total. The molecule has 0 aliphatic carbocycles. The summed E-state index contributed by atoms with van der Waals surface area (Å²) in [6.07, 6.45) is -9.07. The molecule has 0 bridgehead atoms. The standard InChI is InChI=1S/C15H15F7N2.2ClH/c1-2-12(24-5-3-23-4-6-24)13-10(15(20,21)22)7-9(8-11(13)16)14(17,18)19;;/h2,7-8,12,23H,1,3-6H2;2*1H/t12-;;/m1../s1. The molecule has 11 heteroatoms. The molecular weight excluding hydrogens is 412 g/mol. The minimum atomic E-state index is -5.12. The van der Waals surface area contributed by atoms with Gasteiger partial charge in [-0.05, 0) is 12.1 Å². The first-order valence-corrected chi connectivity index (χ1v) is 7.11. The van der Waals surface area contributed by atoms with Crippen LogP contribution in [-0.2, 0) is 12.4 Å². The number of hydrogen-bond donors (Lipinski definition) is 1. The quantitative estimate of drug-likeness (QED) is 0.547. The van der Waals surface area contributed by atoms with Crippen molar-refractivity contribution in [2.75, 3.05) is 26.2 Å². The van der Waals surface area contributed by atoms with Crippen LogP contribution in [0.1, 0.15) is 22.7 Å². The average molecular weight is 429 g/mol. The van der Waals surface area contributed by atoms with E-state index in [0.29, 0.717) is 26.2 Å². The van der Waals surface area contributed by atoms with Gasteiger partial charge in [-0.2, -0.15) is 26.3 Å². The Balaban J connectivity index is 0.00000312. The van der Waals surface area contributed by atoms with Gasteiger partial charge in [-0.15, -0.1) is 31.4 Å². The predicted molar refractivity (Wildman–Crippen MR) is 88.3 cm³/mol. The van der Waals surface area contributed by atoms with Gasteiger partial charge in [-0.1, -0.05) is 6.08 Å². The Morgan fingerprint density at radius 2 is 1.54 bits per heavy atom. The first kappa shape index (κ1) is 25.0. The molecule has 0 unspecified atom stereocenters. The van der Waals surface area contributed by atoms with Crippen LogP contribution in [0.5, 0.6) is 0 Å². The van der Waals surface area contributed by atoms with Gasteiger partial charge in [0.05, 0.1) is 17.2 Å². The van der Waals surface area contributed by atoms with Gasteiger partial charge in [0.2, 0.25) is 0 Å². The van der Waals surface area contributed by atoms with Crippen LogP contribution in [0.25, 0.3) is 0 Å². The number of nitrogens with zero attached hydrogens (tertiary/aromatic N) is 1. The van der Waals surface area contributed by atoms with Crippen LogP contribution in [0.4, 0.5) is 30.7 Å². The lowest BCUT2D eigenvalue weighted by Crippen LogP contribution is -2.45. The van der Waals surface area contributed by atoms with Crippen molar-refractivity contribution >= 4 is 24.8 Å². The van der Waals surface area contributed by atoms with E-state index in [9.17, 15) is 30.7 Å². The van der Waals surface area contributed by atoms with E-state index in [4.69, 9.17) is 0 Å². The van der Waals surface area contributed by atoms with Crippen LogP contribution < -0.4 is 5.32 Å². The Bertz CT molecular complexity index is 611. The summed E-state index contributed by atoms with van der Waals surface area (Å²) in [4.78, 5) is 1.55. The lowest BCUT2D eigenvalue weighted by molar-refractivity contribution is -0.144. The molecule has 0 amide bonds. The topological polar surface area (TPSA) is 15.3 Å². The Kier molecular flexibility index (Phi) is 8.89. The molecular formula is C15H17Cl2F7N2. The van der Waals surface area contributed by atoms with Gasteiger partial charge < -0.3 is 5.32 Å². The van der Waals surface area contributed by atoms with Crippen molar-refractivity contribution < 1.29 is 30.7 Å². The summed E-state index contributed by atoms with van der Waals surface area (Å²) in [5, 5.41) is 2.99. The maximum absolute atomic E-state index is 14.3. The fraction of sp³-hybridized carbons (Fsp3) is 0.467. The van der Waals surface area contributed by atoms with E-state index in [1.165, 1.54) is 0 Å². The van der Waals surface area contributed by atoms with Gasteiger partial charge in [0.1, 0.15) is 5.82 Å². The molecule has 26 heavy (non-hydrogen) atoms. The molecule has 1 atom stereocenters. The zero-order chi connectivity index (χ0) is 18.1. The highest BCUT2D eigenvalue weighted by atomic mass is 35.5. The second-order valence-electron chi connectivity index (χ2n) is 5.38. The van der Waals surface area contributed by atoms with Crippen LogP contribution >= 0.6 is 24.8 Å². The molecule has 1 aliphatic rings. The first-order chi connectivity index (χ1) is 11.1. The molecule has 2 rings (SSSR count). The SMILES string of the molecule is C=C[C@H](c1c(F)cc(C(F)(F)F)cc1C(F)(F)F)N1CCNCC1.Cl.Cl. The lowest BCUT2D eigenvalue weighted by Gasteiger charge is -2.35. The van der Waals surface area contributed by atoms with Crippen molar-refractivity contribution in [1.82, 2.24) is 10.2 Å². The smallest absolute Gasteiger partial charge is 0.314 e. The van der Waals surface area contributed by atoms with E-state index in [-0.39, 0.29) is 36.9 Å². The molecule has 2 nitrogen and oxygen atoms in total. The van der Waals surface area contributed by atoms with Crippen molar-refractivity contribution in [2.24, 2.45) is 0 Å². The summed E-state index contributed by atoms with van der Waals surface area (Å²) in [5.74, 6) is -1.54. The van der Waals surface area contributed by atoms with Crippen molar-refractivity contribution in [1.29, 1.82) is 0 Å². The Morgan fingerprint density at radius 1 is 1.00 bits per heavy atom. The van der Waals surface area contributed by atoms with E-state index in [1.54, 1.807) is 4.90 Å². The maximum atomic E-state index is 14.3. The second-order valence-corrected chi connectivity index (χ2v) is 5.38. The molecule has 1 aromatic carbocycles. The fourth-order valence-corrected chi connectivity index (χ4v) is 2.73. The minimum Gasteiger partial charge on any atom is -0.314 e. The van der Waals surface area contributed by atoms with Crippen LogP contribution in [-0.4, -0.2) is 31.1 Å². The molecule has 0 spiro atoms. The van der Waals surface area contributed by atoms with Crippen LogP contribution in [0.15, 0.2) is 24.8 Å². The van der Waals surface area contributed by atoms with Gasteiger partial charge in [-0.25, -0.2) is 4.39 Å². The summed E-state index contributed by atoms with van der Waals surface area (Å²) >= 11 is 0. The van der Waals surface area contributed by atoms with E-state index in [1.807, 2.05) is 0 Å². The van der Waals surface area contributed by atoms with E-state index < -0.39 is 40.9 Å². The Morgan fingerprint density at radius 3 is 1.96 bits per heavy atom. The molecule has 1 saturated heterocycles. The van der Waals surface area contributed by atoms with Crippen molar-refractivity contribution in [3.05, 3.63) is 47.3 Å². The number of piperazine rings is 1. The summed E-state index contributed by atoms with van der Waals surface area (Å²) in [7, 11) is 0. The summed E-state index contributed by atoms with van der Waals surface area (Å²) < 4.78 is 92.3. The molecule has 0 saturated carbocycles. The van der Waals surface area contributed by atoms with E-state index in [0.717, 1.165) is 6.08 Å². The third-order valence-electron chi connectivity index (χ3n) is 3.83. The van der Waals surface area contributed by atoms with Gasteiger partial charge in [-0.3, -0.25) is 4.90 Å². The highest BCUT2D eigenvalue weighted by Gasteiger charge is 2.41. The zero-order valence-electron chi connectivity index (χ0n) is 13.3. The molecule has 1 aromatic rings. The normalized spacial score (nSPS) is 17.0. The molecule has 150 valence electrons. The maximum Gasteiger partial charge on any atom is 0.416 e. The average Bonchev–Trinajstić information content (AvgIpc) is 2.48. The van der Waals surface area contributed by atoms with Crippen molar-refractivity contribution in [2.45, 2.75) is 18.4 Å².